The summed E-state index contributed by atoms with van der Waals surface area (Å²) in [5.41, 5.74) is 1.45. The zero-order chi connectivity index (χ0) is 11.8. The van der Waals surface area contributed by atoms with E-state index in [0.29, 0.717) is 6.42 Å². The van der Waals surface area contributed by atoms with Crippen LogP contribution in [-0.4, -0.2) is 18.2 Å². The summed E-state index contributed by atoms with van der Waals surface area (Å²) in [7, 11) is 1.70. The third-order valence-corrected chi connectivity index (χ3v) is 2.85. The molecule has 0 atom stereocenters. The van der Waals surface area contributed by atoms with Crippen LogP contribution in [0.2, 0.25) is 0 Å². The van der Waals surface area contributed by atoms with Crippen molar-refractivity contribution in [3.05, 3.63) is 23.5 Å². The minimum absolute atomic E-state index is 0.298. The molecule has 16 heavy (non-hydrogen) atoms. The highest BCUT2D eigenvalue weighted by atomic mass is 16.5. The Morgan fingerprint density at radius 2 is 2.12 bits per heavy atom. The van der Waals surface area contributed by atoms with Crippen LogP contribution in [0.15, 0.2) is 23.5 Å². The molecule has 3 heteroatoms. The molecule has 1 N–H and O–H groups in total. The summed E-state index contributed by atoms with van der Waals surface area (Å²) in [6.45, 7) is 0. The normalized spacial score (nSPS) is 15.3. The monoisotopic (exact) mass is 224 g/mol. The van der Waals surface area contributed by atoms with Gasteiger partial charge in [-0.3, -0.25) is 4.79 Å². The quantitative estimate of drug-likeness (QED) is 0.675. The van der Waals surface area contributed by atoms with Gasteiger partial charge in [-0.1, -0.05) is 18.1 Å². The molecule has 0 fully saturated rings. The van der Waals surface area contributed by atoms with Crippen LogP contribution < -0.4 is 0 Å². The maximum Gasteiger partial charge on any atom is 0.303 e. The van der Waals surface area contributed by atoms with E-state index in [2.05, 4.69) is 6.08 Å². The van der Waals surface area contributed by atoms with Crippen molar-refractivity contribution in [3.63, 3.8) is 0 Å². The molecule has 0 aromatic rings. The van der Waals surface area contributed by atoms with Crippen molar-refractivity contribution < 1.29 is 14.6 Å². The fraction of sp³-hybridized carbons (Fsp3) is 0.615. The van der Waals surface area contributed by atoms with Gasteiger partial charge in [0.15, 0.2) is 0 Å². The fourth-order valence-corrected chi connectivity index (χ4v) is 1.84. The van der Waals surface area contributed by atoms with Crippen molar-refractivity contribution in [2.75, 3.05) is 7.11 Å². The Balaban J connectivity index is 2.12. The zero-order valence-electron chi connectivity index (χ0n) is 9.87. The maximum atomic E-state index is 10.3. The molecule has 0 bridgehead atoms. The van der Waals surface area contributed by atoms with E-state index in [4.69, 9.17) is 9.84 Å². The fourth-order valence-electron chi connectivity index (χ4n) is 1.84. The second-order valence-corrected chi connectivity index (χ2v) is 4.12. The van der Waals surface area contributed by atoms with Gasteiger partial charge in [0.05, 0.1) is 12.9 Å². The first-order chi connectivity index (χ1) is 7.72. The maximum absolute atomic E-state index is 10.3. The summed E-state index contributed by atoms with van der Waals surface area (Å²) < 4.78 is 5.16. The van der Waals surface area contributed by atoms with Gasteiger partial charge in [-0.25, -0.2) is 0 Å². The van der Waals surface area contributed by atoms with Gasteiger partial charge in [0.2, 0.25) is 0 Å². The molecule has 3 nitrogen and oxygen atoms in total. The van der Waals surface area contributed by atoms with E-state index in [-0.39, 0.29) is 0 Å². The van der Waals surface area contributed by atoms with E-state index in [1.165, 1.54) is 5.57 Å². The molecule has 0 radical (unpaired) electrons. The molecule has 0 spiro atoms. The number of hydrogen-bond donors (Lipinski definition) is 1. The summed E-state index contributed by atoms with van der Waals surface area (Å²) in [5.74, 6) is 0.360. The van der Waals surface area contributed by atoms with Gasteiger partial charge in [-0.05, 0) is 31.8 Å². The van der Waals surface area contributed by atoms with Gasteiger partial charge in [-0.2, -0.15) is 0 Å². The highest BCUT2D eigenvalue weighted by Crippen LogP contribution is 2.22. The molecule has 0 saturated heterocycles. The van der Waals surface area contributed by atoms with Gasteiger partial charge in [-0.15, -0.1) is 0 Å². The summed E-state index contributed by atoms with van der Waals surface area (Å²) in [4.78, 5) is 10.3. The average molecular weight is 224 g/mol. The topological polar surface area (TPSA) is 46.5 Å². The number of carbonyl (C=O) groups is 1. The van der Waals surface area contributed by atoms with Crippen molar-refractivity contribution in [2.24, 2.45) is 0 Å². The first-order valence-corrected chi connectivity index (χ1v) is 5.87. The third-order valence-electron chi connectivity index (χ3n) is 2.85. The van der Waals surface area contributed by atoms with Crippen LogP contribution in [0.25, 0.3) is 0 Å². The third kappa shape index (κ3) is 5.01. The Kier molecular flexibility index (Phi) is 5.68. The highest BCUT2D eigenvalue weighted by molar-refractivity contribution is 5.66. The molecule has 1 aliphatic carbocycles. The first-order valence-electron chi connectivity index (χ1n) is 5.87. The minimum Gasteiger partial charge on any atom is -0.501 e. The zero-order valence-corrected chi connectivity index (χ0v) is 9.87. The number of methoxy groups -OCH3 is 1. The van der Waals surface area contributed by atoms with E-state index in [9.17, 15) is 4.79 Å². The Morgan fingerprint density at radius 1 is 1.31 bits per heavy atom. The van der Waals surface area contributed by atoms with Crippen molar-refractivity contribution in [3.8, 4) is 0 Å². The van der Waals surface area contributed by atoms with Gasteiger partial charge in [0.25, 0.3) is 0 Å². The van der Waals surface area contributed by atoms with Crippen LogP contribution in [0.5, 0.6) is 0 Å². The van der Waals surface area contributed by atoms with Gasteiger partial charge in [0, 0.05) is 12.8 Å². The van der Waals surface area contributed by atoms with E-state index < -0.39 is 5.97 Å². The molecule has 1 rings (SSSR count). The van der Waals surface area contributed by atoms with E-state index >= 15 is 0 Å². The van der Waals surface area contributed by atoms with Crippen molar-refractivity contribution >= 4 is 5.97 Å². The van der Waals surface area contributed by atoms with Crippen LogP contribution in [0, 0.1) is 0 Å². The molecule has 0 saturated carbocycles. The predicted octanol–water partition coefficient (Wildman–Crippen LogP) is 3.27. The molecule has 0 unspecified atom stereocenters. The lowest BCUT2D eigenvalue weighted by Gasteiger charge is -2.13. The highest BCUT2D eigenvalue weighted by Gasteiger charge is 2.06. The molecular weight excluding hydrogens is 204 g/mol. The number of allylic oxidation sites excluding steroid dienone is 4. The number of unbranched alkanes of at least 4 members (excludes halogenated alkanes) is 2. The van der Waals surface area contributed by atoms with Crippen LogP contribution in [0.4, 0.5) is 0 Å². The predicted molar refractivity (Wildman–Crippen MR) is 63.1 cm³/mol. The van der Waals surface area contributed by atoms with Crippen molar-refractivity contribution in [1.29, 1.82) is 0 Å². The van der Waals surface area contributed by atoms with E-state index in [1.807, 2.05) is 6.08 Å². The van der Waals surface area contributed by atoms with Gasteiger partial charge >= 0.3 is 5.97 Å². The number of aliphatic carboxylic acids is 1. The number of carboxylic acid groups (broad SMARTS) is 1. The molecule has 0 heterocycles. The SMILES string of the molecule is COC1=CC=C(CCCCCC(=O)O)CC1. The Labute approximate surface area is 96.8 Å². The molecule has 1 aliphatic rings. The molecule has 0 aromatic carbocycles. The Hall–Kier alpha value is -1.25. The first kappa shape index (κ1) is 12.8. The lowest BCUT2D eigenvalue weighted by molar-refractivity contribution is -0.137. The lowest BCUT2D eigenvalue weighted by Crippen LogP contribution is -1.96. The average Bonchev–Trinajstić information content (AvgIpc) is 2.29. The van der Waals surface area contributed by atoms with Crippen molar-refractivity contribution in [2.45, 2.75) is 44.9 Å². The van der Waals surface area contributed by atoms with E-state index in [1.54, 1.807) is 7.11 Å². The Morgan fingerprint density at radius 3 is 2.69 bits per heavy atom. The minimum atomic E-state index is -0.690. The molecule has 90 valence electrons. The Bertz CT molecular complexity index is 290. The standard InChI is InChI=1S/C13H20O3/c1-16-12-9-7-11(8-10-12)5-3-2-4-6-13(14)15/h7,9H,2-6,8,10H2,1H3,(H,14,15). The second-order valence-electron chi connectivity index (χ2n) is 4.12. The number of carboxylic acids is 1. The van der Waals surface area contributed by atoms with Crippen LogP contribution in [0.3, 0.4) is 0 Å². The lowest BCUT2D eigenvalue weighted by atomic mass is 9.98. The summed E-state index contributed by atoms with van der Waals surface area (Å²) in [6, 6.07) is 0. The summed E-state index contributed by atoms with van der Waals surface area (Å²) >= 11 is 0. The summed E-state index contributed by atoms with van der Waals surface area (Å²) in [6.07, 6.45) is 10.5. The van der Waals surface area contributed by atoms with Crippen LogP contribution in [-0.2, 0) is 9.53 Å². The summed E-state index contributed by atoms with van der Waals surface area (Å²) in [5, 5.41) is 8.48. The van der Waals surface area contributed by atoms with Gasteiger partial charge in [0.1, 0.15) is 0 Å². The number of ether oxygens (including phenoxy) is 1. The van der Waals surface area contributed by atoms with Gasteiger partial charge < -0.3 is 9.84 Å². The van der Waals surface area contributed by atoms with Crippen LogP contribution in [0.1, 0.15) is 44.9 Å². The number of hydrogen-bond acceptors (Lipinski definition) is 2. The van der Waals surface area contributed by atoms with Crippen LogP contribution >= 0.6 is 0 Å². The largest absolute Gasteiger partial charge is 0.501 e. The second kappa shape index (κ2) is 7.09. The molecular formula is C13H20O3. The van der Waals surface area contributed by atoms with E-state index in [0.717, 1.165) is 44.3 Å². The molecule has 0 aromatic heterocycles. The molecule has 0 aliphatic heterocycles. The number of rotatable bonds is 7. The molecule has 0 amide bonds. The van der Waals surface area contributed by atoms with Crippen molar-refractivity contribution in [1.82, 2.24) is 0 Å². The smallest absolute Gasteiger partial charge is 0.303 e.